The molecule has 299 valence electrons. The van der Waals surface area contributed by atoms with Crippen LogP contribution < -0.4 is 0 Å². The Hall–Kier alpha value is -2.85. The minimum atomic E-state index is -0.672. The molecule has 1 N–H and O–H groups in total. The second kappa shape index (κ2) is 17.7. The Morgan fingerprint density at radius 3 is 2.15 bits per heavy atom. The summed E-state index contributed by atoms with van der Waals surface area (Å²) >= 11 is 1.46. The largest absolute Gasteiger partial charge is 0.512 e. The number of aromatic nitrogens is 1. The van der Waals surface area contributed by atoms with E-state index in [0.717, 1.165) is 65.3 Å². The van der Waals surface area contributed by atoms with Crippen LogP contribution in [0.5, 0.6) is 0 Å². The third-order valence-electron chi connectivity index (χ3n) is 11.4. The quantitative estimate of drug-likeness (QED) is 0.0862. The minimum absolute atomic E-state index is 0. The van der Waals surface area contributed by atoms with Gasteiger partial charge in [0.25, 0.3) is 0 Å². The molecule has 1 aliphatic rings. The van der Waals surface area contributed by atoms with Crippen molar-refractivity contribution in [1.82, 2.24) is 4.98 Å². The van der Waals surface area contributed by atoms with Gasteiger partial charge in [0.1, 0.15) is 0 Å². The molecule has 55 heavy (non-hydrogen) atoms. The summed E-state index contributed by atoms with van der Waals surface area (Å²) in [7, 11) is 0. The number of ketones is 1. The van der Waals surface area contributed by atoms with Crippen LogP contribution in [0.15, 0.2) is 60.3 Å². The molecule has 0 bridgehead atoms. The van der Waals surface area contributed by atoms with Gasteiger partial charge in [-0.3, -0.25) is 9.78 Å². The van der Waals surface area contributed by atoms with E-state index in [1.807, 2.05) is 48.5 Å². The first-order valence-corrected chi connectivity index (χ1v) is 20.8. The SMILES string of the molecule is CCC(CC)C(=O)/C=C(\O)C(CC)CC.[2H]c1nc(-c2[c-]c3c([2H])c([2H])c([2H])c([2H])c3c(C(C)(C)C)c2[2H])c2sc3c(CC(C)C)c([2H])c4c(c3c2c1[2H])C(C)(C)CCC4(C)C.[Ir]. The van der Waals surface area contributed by atoms with E-state index in [2.05, 4.69) is 52.6 Å². The molecule has 0 saturated heterocycles. The molecule has 1 aliphatic carbocycles. The van der Waals surface area contributed by atoms with Crippen molar-refractivity contribution in [2.45, 2.75) is 151 Å². The minimum Gasteiger partial charge on any atom is -0.512 e. The predicted octanol–water partition coefficient (Wildman–Crippen LogP) is 14.8. The van der Waals surface area contributed by atoms with E-state index in [0.29, 0.717) is 33.8 Å². The van der Waals surface area contributed by atoms with E-state index in [4.69, 9.17) is 6.85 Å². The molecule has 3 nitrogen and oxygen atoms in total. The summed E-state index contributed by atoms with van der Waals surface area (Å²) < 4.78 is 73.2. The molecule has 2 heterocycles. The Labute approximate surface area is 361 Å². The number of fused-ring (bicyclic) bond motifs is 6. The molecule has 0 spiro atoms. The van der Waals surface area contributed by atoms with Gasteiger partial charge in [0, 0.05) is 67.4 Å². The Kier molecular flexibility index (Phi) is 11.0. The number of thiophene rings is 1. The van der Waals surface area contributed by atoms with E-state index in [9.17, 15) is 14.0 Å². The van der Waals surface area contributed by atoms with Crippen molar-refractivity contribution in [3.63, 3.8) is 0 Å². The first-order valence-electron chi connectivity index (χ1n) is 24.0. The second-order valence-electron chi connectivity index (χ2n) is 17.9. The van der Waals surface area contributed by atoms with Crippen LogP contribution in [0.3, 0.4) is 0 Å². The molecular formula is C50H66IrNO2S-. The van der Waals surface area contributed by atoms with E-state index in [1.54, 1.807) is 0 Å². The van der Waals surface area contributed by atoms with Crippen LogP contribution in [0.1, 0.15) is 162 Å². The van der Waals surface area contributed by atoms with Crippen molar-refractivity contribution in [2.24, 2.45) is 17.8 Å². The number of nitrogens with zero attached hydrogens (tertiary/aromatic N) is 1. The first kappa shape index (κ1) is 34.2. The molecule has 0 saturated carbocycles. The number of carbonyl (C=O) groups is 1. The van der Waals surface area contributed by atoms with Gasteiger partial charge in [-0.05, 0) is 95.2 Å². The Bertz CT molecular complexity index is 2600. The Morgan fingerprint density at radius 2 is 1.55 bits per heavy atom. The van der Waals surface area contributed by atoms with Crippen LogP contribution in [-0.2, 0) is 47.6 Å². The second-order valence-corrected chi connectivity index (χ2v) is 18.9. The summed E-state index contributed by atoms with van der Waals surface area (Å²) in [5, 5.41) is 11.7. The van der Waals surface area contributed by atoms with Gasteiger partial charge in [-0.15, -0.1) is 40.4 Å². The third kappa shape index (κ3) is 9.32. The van der Waals surface area contributed by atoms with Crippen LogP contribution in [-0.4, -0.2) is 15.9 Å². The number of allylic oxidation sites excluding steroid dienone is 2. The molecular weight excluding hydrogens is 871 g/mol. The van der Waals surface area contributed by atoms with Crippen LogP contribution in [0.2, 0.25) is 0 Å². The molecule has 5 heteroatoms. The van der Waals surface area contributed by atoms with Gasteiger partial charge in [0.05, 0.1) is 14.0 Å². The van der Waals surface area contributed by atoms with E-state index >= 15 is 0 Å². The number of aliphatic hydroxyl groups is 1. The molecule has 0 unspecified atom stereocenters. The first-order chi connectivity index (χ1) is 28.7. The van der Waals surface area contributed by atoms with Gasteiger partial charge < -0.3 is 5.11 Å². The molecule has 5 aromatic rings. The molecule has 0 aliphatic heterocycles. The van der Waals surface area contributed by atoms with Gasteiger partial charge in [0.2, 0.25) is 0 Å². The number of hydrogen-bond donors (Lipinski definition) is 1. The van der Waals surface area contributed by atoms with E-state index in [-0.39, 0.29) is 119 Å². The van der Waals surface area contributed by atoms with Crippen LogP contribution >= 0.6 is 11.3 Å². The van der Waals surface area contributed by atoms with E-state index in [1.165, 1.54) is 17.4 Å². The van der Waals surface area contributed by atoms with Crippen molar-refractivity contribution < 1.29 is 41.0 Å². The van der Waals surface area contributed by atoms with Crippen molar-refractivity contribution in [3.8, 4) is 11.3 Å². The molecule has 2 aromatic heterocycles. The van der Waals surface area contributed by atoms with Gasteiger partial charge in [-0.1, -0.05) is 125 Å². The number of benzene rings is 3. The molecule has 1 radical (unpaired) electrons. The molecule has 0 amide bonds. The summed E-state index contributed by atoms with van der Waals surface area (Å²) in [6.07, 6.45) is 7.22. The van der Waals surface area contributed by atoms with Crippen molar-refractivity contribution in [1.29, 1.82) is 0 Å². The summed E-state index contributed by atoms with van der Waals surface area (Å²) in [5.74, 6) is 0.828. The summed E-state index contributed by atoms with van der Waals surface area (Å²) in [6, 6.07) is 2.64. The zero-order valence-corrected chi connectivity index (χ0v) is 38.5. The standard InChI is InChI=1S/C37H42NS.C13H24O2.Ir/c1-22(2)18-25-21-29-31(37(8,9)16-15-36(29,6)7)30-27-14-17-38-32(34(27)39-33(25)30)24-19-23-12-10-11-13-26(23)28(20-24)35(3,4)5;1-5-10(6-2)12(14)9-13(15)11(7-3)8-4;/h10-14,17,20-22H,15-16,18H2,1-9H3;9-11,14H,5-8H2,1-4H3;/q-1;;/b;12-9-;/i10D,11D,12D,13D,14D,17D,20D,21D;;. The number of pyridine rings is 1. The van der Waals surface area contributed by atoms with Crippen molar-refractivity contribution in [2.75, 3.05) is 0 Å². The Morgan fingerprint density at radius 1 is 0.927 bits per heavy atom. The van der Waals surface area contributed by atoms with E-state index < -0.39 is 5.41 Å². The molecule has 0 atom stereocenters. The average molecular weight is 945 g/mol. The summed E-state index contributed by atoms with van der Waals surface area (Å²) in [6.45, 7) is 26.9. The maximum Gasteiger partial charge on any atom is 0.162 e. The Balaban J connectivity index is 0.000000467. The number of carbonyl (C=O) groups excluding carboxylic acids is 1. The molecule has 0 fully saturated rings. The van der Waals surface area contributed by atoms with Gasteiger partial charge in [0.15, 0.2) is 5.78 Å². The maximum absolute atomic E-state index is 11.7. The van der Waals surface area contributed by atoms with Gasteiger partial charge in [-0.2, -0.15) is 0 Å². The topological polar surface area (TPSA) is 50.2 Å². The van der Waals surface area contributed by atoms with Gasteiger partial charge in [-0.25, -0.2) is 0 Å². The fourth-order valence-corrected chi connectivity index (χ4v) is 9.20. The van der Waals surface area contributed by atoms with Crippen molar-refractivity contribution in [3.05, 3.63) is 88.6 Å². The average Bonchev–Trinajstić information content (AvgIpc) is 3.58. The monoisotopic (exact) mass is 945 g/mol. The summed E-state index contributed by atoms with van der Waals surface area (Å²) in [4.78, 5) is 16.4. The smallest absolute Gasteiger partial charge is 0.162 e. The maximum atomic E-state index is 11.7. The number of aliphatic hydroxyl groups excluding tert-OH is 1. The third-order valence-corrected chi connectivity index (χ3v) is 12.6. The summed E-state index contributed by atoms with van der Waals surface area (Å²) in [5.41, 5.74) is 2.85. The van der Waals surface area contributed by atoms with Gasteiger partial charge >= 0.3 is 0 Å². The van der Waals surface area contributed by atoms with Crippen molar-refractivity contribution >= 4 is 48.1 Å². The number of hydrogen-bond acceptors (Lipinski definition) is 4. The normalized spacial score (nSPS) is 17.4. The predicted molar refractivity (Wildman–Crippen MR) is 235 cm³/mol. The fourth-order valence-electron chi connectivity index (χ4n) is 7.93. The fraction of sp³-hybridized carbons (Fsp3) is 0.520. The zero-order valence-electron chi connectivity index (χ0n) is 43.3. The van der Waals surface area contributed by atoms with Crippen LogP contribution in [0, 0.1) is 23.8 Å². The molecule has 6 rings (SSSR count). The molecule has 3 aromatic carbocycles. The zero-order chi connectivity index (χ0) is 46.7. The number of rotatable bonds is 10. The van der Waals surface area contributed by atoms with Crippen LogP contribution in [0.25, 0.3) is 42.2 Å². The van der Waals surface area contributed by atoms with Crippen LogP contribution in [0.4, 0.5) is 0 Å².